The van der Waals surface area contributed by atoms with Gasteiger partial charge < -0.3 is 23.7 Å². The number of hydrogen-bond acceptors (Lipinski definition) is 4. The van der Waals surface area contributed by atoms with E-state index in [-0.39, 0.29) is 19.5 Å². The number of hydrogen-bond donors (Lipinski definition) is 1. The Kier molecular flexibility index (Phi) is 7.47. The lowest BCUT2D eigenvalue weighted by atomic mass is 9.96. The summed E-state index contributed by atoms with van der Waals surface area (Å²) in [7, 11) is 1.55. The zero-order valence-electron chi connectivity index (χ0n) is 25.1. The first-order valence-electron chi connectivity index (χ1n) is 14.7. The Hall–Kier alpha value is -3.53. The smallest absolute Gasteiger partial charge is 0.408 e. The Morgan fingerprint density at radius 1 is 1.16 bits per heavy atom. The van der Waals surface area contributed by atoms with Gasteiger partial charge in [-0.1, -0.05) is 22.0 Å². The molecular formula is C33H37BrFN3O5. The Morgan fingerprint density at radius 2 is 1.91 bits per heavy atom. The van der Waals surface area contributed by atoms with Crippen molar-refractivity contribution in [2.75, 3.05) is 20.2 Å². The molecule has 2 atom stereocenters. The van der Waals surface area contributed by atoms with Crippen LogP contribution in [-0.4, -0.2) is 69.4 Å². The number of carboxylic acid groups (broad SMARTS) is 1. The van der Waals surface area contributed by atoms with E-state index in [4.69, 9.17) is 9.15 Å². The predicted octanol–water partition coefficient (Wildman–Crippen LogP) is 7.88. The molecule has 1 N–H and O–H groups in total. The van der Waals surface area contributed by atoms with E-state index in [0.717, 1.165) is 44.3 Å². The van der Waals surface area contributed by atoms with Crippen molar-refractivity contribution in [3.63, 3.8) is 0 Å². The number of amides is 2. The molecule has 43 heavy (non-hydrogen) atoms. The fourth-order valence-electron chi connectivity index (χ4n) is 6.58. The van der Waals surface area contributed by atoms with Gasteiger partial charge in [0.2, 0.25) is 0 Å². The molecule has 228 valence electrons. The molecule has 1 aliphatic carbocycles. The van der Waals surface area contributed by atoms with Crippen molar-refractivity contribution in [2.24, 2.45) is 5.92 Å². The summed E-state index contributed by atoms with van der Waals surface area (Å²) in [6, 6.07) is 11.1. The third-order valence-electron chi connectivity index (χ3n) is 8.66. The number of aryl methyl sites for hydroxylation is 1. The number of benzene rings is 2. The molecule has 0 radical (unpaired) electrons. The van der Waals surface area contributed by atoms with Crippen LogP contribution in [-0.2, 0) is 6.54 Å². The molecule has 1 saturated carbocycles. The van der Waals surface area contributed by atoms with Gasteiger partial charge in [0.1, 0.15) is 17.5 Å². The summed E-state index contributed by atoms with van der Waals surface area (Å²) in [4.78, 5) is 28.6. The highest BCUT2D eigenvalue weighted by Gasteiger charge is 2.40. The predicted molar refractivity (Wildman–Crippen MR) is 168 cm³/mol. The normalized spacial score (nSPS) is 19.3. The van der Waals surface area contributed by atoms with Crippen molar-refractivity contribution >= 4 is 49.8 Å². The zero-order chi connectivity index (χ0) is 30.8. The van der Waals surface area contributed by atoms with Crippen molar-refractivity contribution in [3.8, 4) is 17.2 Å². The highest BCUT2D eigenvalue weighted by atomic mass is 79.9. The summed E-state index contributed by atoms with van der Waals surface area (Å²) < 4.78 is 30.6. The molecule has 0 unspecified atom stereocenters. The molecule has 6 rings (SSSR count). The highest BCUT2D eigenvalue weighted by molar-refractivity contribution is 9.10. The lowest BCUT2D eigenvalue weighted by Crippen LogP contribution is -2.59. The number of ether oxygens (including phenoxy) is 1. The molecule has 1 aliphatic heterocycles. The molecule has 2 fully saturated rings. The van der Waals surface area contributed by atoms with E-state index in [2.05, 4.69) is 38.7 Å². The van der Waals surface area contributed by atoms with Gasteiger partial charge in [0.05, 0.1) is 30.8 Å². The number of carbonyl (C=O) groups is 2. The van der Waals surface area contributed by atoms with Gasteiger partial charge in [-0.2, -0.15) is 0 Å². The average molecular weight is 655 g/mol. The number of likely N-dealkylation sites (tertiary alicyclic amines) is 1. The number of aromatic nitrogens is 1. The molecule has 0 spiro atoms. The first kappa shape index (κ1) is 29.5. The van der Waals surface area contributed by atoms with Crippen molar-refractivity contribution in [1.82, 2.24) is 14.4 Å². The topological polar surface area (TPSA) is 88.2 Å². The lowest BCUT2D eigenvalue weighted by Gasteiger charge is -2.45. The summed E-state index contributed by atoms with van der Waals surface area (Å²) in [5.41, 5.74) is 3.08. The standard InChI is InChI=1S/C33H37BrFN3O5/c1-18-29-27(42-5)11-21(31(39)36-16-23(35)14-24(17-36)38(32(40)41)33(2,3)4)12-28(29)43-30(18)26-10-20-8-9-22(34)13-25(20)37(26)15-19-6-7-19/h8-13,19,23-24H,6-7,14-17H2,1-5H3,(H,40,41)/t23-,24-/m1/s1. The maximum atomic E-state index is 15.0. The molecule has 1 saturated heterocycles. The second-order valence-electron chi connectivity index (χ2n) is 12.9. The fourth-order valence-corrected chi connectivity index (χ4v) is 6.93. The minimum atomic E-state index is -1.34. The number of rotatable bonds is 6. The van der Waals surface area contributed by atoms with E-state index in [9.17, 15) is 19.1 Å². The minimum Gasteiger partial charge on any atom is -0.496 e. The van der Waals surface area contributed by atoms with Gasteiger partial charge in [-0.25, -0.2) is 9.18 Å². The van der Waals surface area contributed by atoms with E-state index >= 15 is 0 Å². The molecule has 0 bridgehead atoms. The molecule has 4 aromatic rings. The minimum absolute atomic E-state index is 0.0435. The van der Waals surface area contributed by atoms with Crippen LogP contribution in [0.3, 0.4) is 0 Å². The molecule has 3 heterocycles. The quantitative estimate of drug-likeness (QED) is 0.229. The lowest BCUT2D eigenvalue weighted by molar-refractivity contribution is 0.0126. The number of carbonyl (C=O) groups excluding carboxylic acids is 1. The van der Waals surface area contributed by atoms with Gasteiger partial charge in [0.15, 0.2) is 5.76 Å². The van der Waals surface area contributed by atoms with E-state index in [0.29, 0.717) is 22.8 Å². The van der Waals surface area contributed by atoms with Crippen molar-refractivity contribution in [3.05, 3.63) is 52.0 Å². The van der Waals surface area contributed by atoms with Crippen LogP contribution < -0.4 is 4.74 Å². The Balaban J connectivity index is 1.39. The molecule has 2 aliphatic rings. The van der Waals surface area contributed by atoms with Crippen LogP contribution in [0.2, 0.25) is 0 Å². The molecular weight excluding hydrogens is 617 g/mol. The number of halogens is 2. The van der Waals surface area contributed by atoms with E-state index in [1.165, 1.54) is 22.6 Å². The Labute approximate surface area is 258 Å². The third kappa shape index (κ3) is 5.50. The van der Waals surface area contributed by atoms with Gasteiger partial charge >= 0.3 is 6.09 Å². The van der Waals surface area contributed by atoms with Crippen LogP contribution in [0.25, 0.3) is 33.3 Å². The maximum Gasteiger partial charge on any atom is 0.408 e. The first-order valence-corrected chi connectivity index (χ1v) is 15.5. The summed E-state index contributed by atoms with van der Waals surface area (Å²) in [5.74, 6) is 1.46. The van der Waals surface area contributed by atoms with Crippen LogP contribution in [0.5, 0.6) is 5.75 Å². The van der Waals surface area contributed by atoms with Crippen LogP contribution >= 0.6 is 15.9 Å². The molecule has 8 nitrogen and oxygen atoms in total. The average Bonchev–Trinajstić information content (AvgIpc) is 3.61. The van der Waals surface area contributed by atoms with Crippen LogP contribution in [0.4, 0.5) is 9.18 Å². The van der Waals surface area contributed by atoms with Gasteiger partial charge in [-0.05, 0) is 76.8 Å². The SMILES string of the molecule is COc1cc(C(=O)N2C[C@H](F)C[C@@H](N(C(=O)O)C(C)(C)C)C2)cc2oc(-c3cc4ccc(Br)cc4n3CC3CC3)c(C)c12. The van der Waals surface area contributed by atoms with Crippen LogP contribution in [0.1, 0.15) is 56.0 Å². The van der Waals surface area contributed by atoms with Gasteiger partial charge in [-0.3, -0.25) is 9.69 Å². The maximum absolute atomic E-state index is 15.0. The zero-order valence-corrected chi connectivity index (χ0v) is 26.7. The summed E-state index contributed by atoms with van der Waals surface area (Å²) in [6.45, 7) is 8.20. The summed E-state index contributed by atoms with van der Waals surface area (Å²) >= 11 is 3.62. The largest absolute Gasteiger partial charge is 0.496 e. The summed E-state index contributed by atoms with van der Waals surface area (Å²) in [5, 5.41) is 11.8. The molecule has 2 aromatic carbocycles. The van der Waals surface area contributed by atoms with Crippen LogP contribution in [0.15, 0.2) is 45.3 Å². The van der Waals surface area contributed by atoms with E-state index < -0.39 is 29.8 Å². The number of fused-ring (bicyclic) bond motifs is 2. The molecule has 10 heteroatoms. The molecule has 2 aromatic heterocycles. The van der Waals surface area contributed by atoms with Crippen molar-refractivity contribution < 1.29 is 28.2 Å². The molecule has 2 amide bonds. The fraction of sp³-hybridized carbons (Fsp3) is 0.455. The number of nitrogens with zero attached hydrogens (tertiary/aromatic N) is 3. The van der Waals surface area contributed by atoms with Gasteiger partial charge in [-0.15, -0.1) is 0 Å². The Bertz CT molecular complexity index is 1730. The van der Waals surface area contributed by atoms with Crippen molar-refractivity contribution in [2.45, 2.75) is 71.3 Å². The number of piperidine rings is 1. The second kappa shape index (κ2) is 10.9. The number of alkyl halides is 1. The van der Waals surface area contributed by atoms with E-state index in [1.807, 2.05) is 13.0 Å². The summed E-state index contributed by atoms with van der Waals surface area (Å²) in [6.07, 6.45) is -0.0110. The number of furan rings is 1. The van der Waals surface area contributed by atoms with Crippen molar-refractivity contribution in [1.29, 1.82) is 0 Å². The monoisotopic (exact) mass is 653 g/mol. The third-order valence-corrected chi connectivity index (χ3v) is 9.15. The number of methoxy groups -OCH3 is 1. The highest BCUT2D eigenvalue weighted by Crippen LogP contribution is 2.43. The Morgan fingerprint density at radius 3 is 2.56 bits per heavy atom. The van der Waals surface area contributed by atoms with E-state index in [1.54, 1.807) is 40.0 Å². The van der Waals surface area contributed by atoms with Gasteiger partial charge in [0, 0.05) is 51.6 Å². The first-order chi connectivity index (χ1) is 20.3. The van der Waals surface area contributed by atoms with Gasteiger partial charge in [0.25, 0.3) is 5.91 Å². The van der Waals surface area contributed by atoms with Crippen LogP contribution in [0, 0.1) is 12.8 Å². The second-order valence-corrected chi connectivity index (χ2v) is 13.8.